The van der Waals surface area contributed by atoms with Gasteiger partial charge in [-0.2, -0.15) is 0 Å². The van der Waals surface area contributed by atoms with Crippen LogP contribution in [0.2, 0.25) is 0 Å². The van der Waals surface area contributed by atoms with Gasteiger partial charge in [0.25, 0.3) is 0 Å². The Hall–Kier alpha value is -0.610. The van der Waals surface area contributed by atoms with Gasteiger partial charge in [-0.15, -0.1) is 0 Å². The molecule has 15 heavy (non-hydrogen) atoms. The van der Waals surface area contributed by atoms with Gasteiger partial charge < -0.3 is 15.1 Å². The predicted octanol–water partition coefficient (Wildman–Crippen LogP) is 0.00440. The molecule has 4 nitrogen and oxygen atoms in total. The van der Waals surface area contributed by atoms with Gasteiger partial charge in [-0.05, 0) is 27.6 Å². The highest BCUT2D eigenvalue weighted by atomic mass is 16.2. The van der Waals surface area contributed by atoms with Gasteiger partial charge in [0.15, 0.2) is 0 Å². The summed E-state index contributed by atoms with van der Waals surface area (Å²) in [6.45, 7) is 4.55. The van der Waals surface area contributed by atoms with E-state index in [9.17, 15) is 4.79 Å². The Balaban J connectivity index is 2.42. The van der Waals surface area contributed by atoms with Gasteiger partial charge >= 0.3 is 0 Å². The number of likely N-dealkylation sites (tertiary alicyclic amines) is 1. The number of nitrogens with one attached hydrogen (secondary N) is 1. The van der Waals surface area contributed by atoms with E-state index < -0.39 is 0 Å². The highest BCUT2D eigenvalue weighted by Crippen LogP contribution is 2.15. The Labute approximate surface area is 92.6 Å². The first-order chi connectivity index (χ1) is 7.06. The van der Waals surface area contributed by atoms with E-state index in [1.165, 1.54) is 0 Å². The normalized spacial score (nSPS) is 23.5. The fraction of sp³-hybridized carbons (Fsp3) is 0.909. The molecule has 1 rings (SSSR count). The summed E-state index contributed by atoms with van der Waals surface area (Å²) in [5, 5.41) is 3.05. The summed E-state index contributed by atoms with van der Waals surface area (Å²) >= 11 is 0. The van der Waals surface area contributed by atoms with Crippen LogP contribution in [0, 0.1) is 5.92 Å². The van der Waals surface area contributed by atoms with Crippen LogP contribution in [0.5, 0.6) is 0 Å². The predicted molar refractivity (Wildman–Crippen MR) is 61.8 cm³/mol. The summed E-state index contributed by atoms with van der Waals surface area (Å²) in [4.78, 5) is 16.2. The summed E-state index contributed by atoms with van der Waals surface area (Å²) < 4.78 is 0. The lowest BCUT2D eigenvalue weighted by Crippen LogP contribution is -2.39. The first-order valence-electron chi connectivity index (χ1n) is 5.66. The van der Waals surface area contributed by atoms with Gasteiger partial charge in [0.05, 0.1) is 0 Å². The van der Waals surface area contributed by atoms with E-state index in [1.807, 2.05) is 18.9 Å². The molecule has 1 aliphatic rings. The van der Waals surface area contributed by atoms with Crippen LogP contribution in [-0.2, 0) is 4.79 Å². The first-order valence-corrected chi connectivity index (χ1v) is 5.66. The Kier molecular flexibility index (Phi) is 4.54. The average Bonchev–Trinajstić information content (AvgIpc) is 2.65. The third-order valence-electron chi connectivity index (χ3n) is 3.14. The third-order valence-corrected chi connectivity index (χ3v) is 3.14. The van der Waals surface area contributed by atoms with Crippen LogP contribution in [0.4, 0.5) is 0 Å². The minimum Gasteiger partial charge on any atom is -0.341 e. The molecular weight excluding hydrogens is 190 g/mol. The molecule has 1 heterocycles. The van der Waals surface area contributed by atoms with Crippen molar-refractivity contribution in [2.75, 3.05) is 40.8 Å². The van der Waals surface area contributed by atoms with Crippen molar-refractivity contribution in [2.45, 2.75) is 19.4 Å². The molecule has 1 fully saturated rings. The van der Waals surface area contributed by atoms with Gasteiger partial charge in [-0.1, -0.05) is 6.92 Å². The molecule has 2 unspecified atom stereocenters. The number of rotatable bonds is 4. The summed E-state index contributed by atoms with van der Waals surface area (Å²) in [7, 11) is 6.04. The van der Waals surface area contributed by atoms with E-state index in [0.29, 0.717) is 6.04 Å². The van der Waals surface area contributed by atoms with Crippen LogP contribution in [0.3, 0.4) is 0 Å². The smallest absolute Gasteiger partial charge is 0.226 e. The lowest BCUT2D eigenvalue weighted by molar-refractivity contribution is -0.133. The van der Waals surface area contributed by atoms with E-state index in [0.717, 1.165) is 26.1 Å². The van der Waals surface area contributed by atoms with Crippen LogP contribution in [0.15, 0.2) is 0 Å². The lowest BCUT2D eigenvalue weighted by atomic mass is 10.1. The number of nitrogens with zero attached hydrogens (tertiary/aromatic N) is 2. The number of hydrogen-bond donors (Lipinski definition) is 1. The zero-order valence-corrected chi connectivity index (χ0v) is 10.3. The monoisotopic (exact) mass is 213 g/mol. The molecule has 0 aliphatic carbocycles. The van der Waals surface area contributed by atoms with Crippen molar-refractivity contribution in [3.05, 3.63) is 0 Å². The maximum Gasteiger partial charge on any atom is 0.226 e. The second-order valence-electron chi connectivity index (χ2n) is 4.65. The molecular formula is C11H23N3O. The van der Waals surface area contributed by atoms with E-state index in [-0.39, 0.29) is 11.8 Å². The minimum absolute atomic E-state index is 0.0934. The zero-order valence-electron chi connectivity index (χ0n) is 10.3. The topological polar surface area (TPSA) is 35.6 Å². The van der Waals surface area contributed by atoms with Crippen LogP contribution in [-0.4, -0.2) is 62.5 Å². The maximum atomic E-state index is 12.0. The first kappa shape index (κ1) is 12.5. The van der Waals surface area contributed by atoms with Crippen molar-refractivity contribution in [3.63, 3.8) is 0 Å². The molecule has 4 heteroatoms. The molecule has 1 saturated heterocycles. The van der Waals surface area contributed by atoms with E-state index in [4.69, 9.17) is 0 Å². The van der Waals surface area contributed by atoms with Crippen molar-refractivity contribution in [2.24, 2.45) is 5.92 Å². The number of amides is 1. The van der Waals surface area contributed by atoms with E-state index >= 15 is 0 Å². The average molecular weight is 213 g/mol. The van der Waals surface area contributed by atoms with Crippen LogP contribution < -0.4 is 5.32 Å². The maximum absolute atomic E-state index is 12.0. The second kappa shape index (κ2) is 5.47. The fourth-order valence-corrected chi connectivity index (χ4v) is 2.07. The summed E-state index contributed by atoms with van der Waals surface area (Å²) in [6.07, 6.45) is 1.10. The van der Waals surface area contributed by atoms with Crippen LogP contribution in [0.1, 0.15) is 13.3 Å². The Morgan fingerprint density at radius 2 is 2.27 bits per heavy atom. The number of likely N-dealkylation sites (N-methyl/N-ethyl adjacent to an activating group) is 1. The SMILES string of the molecule is CNCC(C)C(=O)N1CCC(N(C)C)C1. The summed E-state index contributed by atoms with van der Waals surface area (Å²) in [6, 6.07) is 0.538. The molecule has 1 N–H and O–H groups in total. The Morgan fingerprint density at radius 1 is 1.60 bits per heavy atom. The molecule has 1 amide bonds. The van der Waals surface area contributed by atoms with Crippen LogP contribution in [0.25, 0.3) is 0 Å². The molecule has 0 bridgehead atoms. The Bertz CT molecular complexity index is 218. The van der Waals surface area contributed by atoms with Crippen LogP contribution >= 0.6 is 0 Å². The van der Waals surface area contributed by atoms with E-state index in [1.54, 1.807) is 0 Å². The van der Waals surface area contributed by atoms with Crippen molar-refractivity contribution < 1.29 is 4.79 Å². The largest absolute Gasteiger partial charge is 0.341 e. The van der Waals surface area contributed by atoms with E-state index in [2.05, 4.69) is 24.3 Å². The standard InChI is InChI=1S/C11H23N3O/c1-9(7-12-2)11(15)14-6-5-10(8-14)13(3)4/h9-10,12H,5-8H2,1-4H3. The molecule has 0 aromatic rings. The summed E-state index contributed by atoms with van der Waals surface area (Å²) in [5.74, 6) is 0.379. The van der Waals surface area contributed by atoms with Gasteiger partial charge in [-0.25, -0.2) is 0 Å². The molecule has 0 spiro atoms. The fourth-order valence-electron chi connectivity index (χ4n) is 2.07. The van der Waals surface area contributed by atoms with Crippen molar-refractivity contribution >= 4 is 5.91 Å². The number of hydrogen-bond acceptors (Lipinski definition) is 3. The second-order valence-corrected chi connectivity index (χ2v) is 4.65. The molecule has 0 aromatic heterocycles. The van der Waals surface area contributed by atoms with Gasteiger partial charge in [0.2, 0.25) is 5.91 Å². The number of carbonyl (C=O) groups excluding carboxylic acids is 1. The van der Waals surface area contributed by atoms with Crippen molar-refractivity contribution in [1.29, 1.82) is 0 Å². The zero-order chi connectivity index (χ0) is 11.4. The lowest BCUT2D eigenvalue weighted by Gasteiger charge is -2.22. The molecule has 0 radical (unpaired) electrons. The quantitative estimate of drug-likeness (QED) is 0.714. The molecule has 2 atom stereocenters. The highest BCUT2D eigenvalue weighted by Gasteiger charge is 2.29. The molecule has 1 aliphatic heterocycles. The van der Waals surface area contributed by atoms with Crippen molar-refractivity contribution in [3.8, 4) is 0 Å². The third kappa shape index (κ3) is 3.18. The molecule has 0 saturated carbocycles. The summed E-state index contributed by atoms with van der Waals surface area (Å²) in [5.41, 5.74) is 0. The van der Waals surface area contributed by atoms with Gasteiger partial charge in [-0.3, -0.25) is 4.79 Å². The number of carbonyl (C=O) groups is 1. The van der Waals surface area contributed by atoms with Gasteiger partial charge in [0.1, 0.15) is 0 Å². The minimum atomic E-state index is 0.0934. The van der Waals surface area contributed by atoms with Crippen molar-refractivity contribution in [1.82, 2.24) is 15.1 Å². The Morgan fingerprint density at radius 3 is 2.73 bits per heavy atom. The molecule has 0 aromatic carbocycles. The highest BCUT2D eigenvalue weighted by molar-refractivity contribution is 5.79. The molecule has 88 valence electrons. The van der Waals surface area contributed by atoms with Gasteiger partial charge in [0, 0.05) is 31.6 Å².